The Labute approximate surface area is 163 Å². The lowest BCUT2D eigenvalue weighted by Crippen LogP contribution is -2.30. The normalized spacial score (nSPS) is 13.9. The highest BCUT2D eigenvalue weighted by atomic mass is 32.2. The number of phenols is 1. The van der Waals surface area contributed by atoms with E-state index >= 15 is 0 Å². The molecule has 152 valence electrons. The monoisotopic (exact) mass is 409 g/mol. The first-order chi connectivity index (χ1) is 13.0. The second kappa shape index (κ2) is 8.55. The quantitative estimate of drug-likeness (QED) is 0.388. The lowest BCUT2D eigenvalue weighted by Gasteiger charge is -2.22. The summed E-state index contributed by atoms with van der Waals surface area (Å²) in [5, 5.41) is 34.1. The minimum absolute atomic E-state index is 0.0546. The standard InChI is InChI=1S/C18H23N3O6S/c1-11(2)20-28(26,27)15-8-9-16(17(10-15)21(24)25)19-12(3)18(23)13-4-6-14(22)7-5-13/h4-12,18-20,22-23H,1-3H3/t12-,18+/m0/s1. The molecule has 2 aromatic carbocycles. The van der Waals surface area contributed by atoms with Crippen LogP contribution in [-0.2, 0) is 10.0 Å². The van der Waals surface area contributed by atoms with Crippen LogP contribution in [0.3, 0.4) is 0 Å². The highest BCUT2D eigenvalue weighted by Crippen LogP contribution is 2.30. The van der Waals surface area contributed by atoms with Gasteiger partial charge in [-0.2, -0.15) is 0 Å². The predicted molar refractivity (Wildman–Crippen MR) is 105 cm³/mol. The smallest absolute Gasteiger partial charge is 0.293 e. The van der Waals surface area contributed by atoms with Crippen molar-refractivity contribution in [3.05, 3.63) is 58.1 Å². The van der Waals surface area contributed by atoms with E-state index in [4.69, 9.17) is 0 Å². The number of nitro benzene ring substituents is 1. The van der Waals surface area contributed by atoms with Gasteiger partial charge in [-0.1, -0.05) is 12.1 Å². The summed E-state index contributed by atoms with van der Waals surface area (Å²) in [7, 11) is -3.88. The predicted octanol–water partition coefficient (Wildman–Crippen LogP) is 2.52. The molecule has 4 N–H and O–H groups in total. The van der Waals surface area contributed by atoms with Crippen LogP contribution in [0, 0.1) is 10.1 Å². The maximum Gasteiger partial charge on any atom is 0.293 e. The number of aliphatic hydroxyl groups excluding tert-OH is 1. The summed E-state index contributed by atoms with van der Waals surface area (Å²) >= 11 is 0. The van der Waals surface area contributed by atoms with Gasteiger partial charge >= 0.3 is 0 Å². The molecule has 2 atom stereocenters. The summed E-state index contributed by atoms with van der Waals surface area (Å²) in [6, 6.07) is 8.49. The second-order valence-corrected chi connectivity index (χ2v) is 8.40. The first-order valence-electron chi connectivity index (χ1n) is 8.55. The van der Waals surface area contributed by atoms with Gasteiger partial charge in [-0.25, -0.2) is 13.1 Å². The minimum Gasteiger partial charge on any atom is -0.508 e. The second-order valence-electron chi connectivity index (χ2n) is 6.68. The molecule has 2 aromatic rings. The molecule has 0 aliphatic heterocycles. The molecular formula is C18H23N3O6S. The molecule has 0 fully saturated rings. The van der Waals surface area contributed by atoms with Gasteiger partial charge < -0.3 is 15.5 Å². The number of aliphatic hydroxyl groups is 1. The van der Waals surface area contributed by atoms with Crippen LogP contribution in [0.1, 0.15) is 32.4 Å². The molecule has 0 aliphatic carbocycles. The first-order valence-corrected chi connectivity index (χ1v) is 10.0. The highest BCUT2D eigenvalue weighted by Gasteiger charge is 2.24. The zero-order valence-corrected chi connectivity index (χ0v) is 16.5. The summed E-state index contributed by atoms with van der Waals surface area (Å²) in [5.74, 6) is 0.0546. The van der Waals surface area contributed by atoms with Gasteiger partial charge in [-0.3, -0.25) is 10.1 Å². The van der Waals surface area contributed by atoms with Crippen LogP contribution in [0.15, 0.2) is 47.4 Å². The van der Waals surface area contributed by atoms with Gasteiger partial charge in [0, 0.05) is 12.1 Å². The molecule has 0 amide bonds. The minimum atomic E-state index is -3.88. The Balaban J connectivity index is 2.30. The van der Waals surface area contributed by atoms with Crippen molar-refractivity contribution in [2.24, 2.45) is 0 Å². The van der Waals surface area contributed by atoms with Crippen molar-refractivity contribution >= 4 is 21.4 Å². The first kappa shape index (κ1) is 21.6. The molecule has 0 saturated heterocycles. The van der Waals surface area contributed by atoms with Crippen molar-refractivity contribution in [1.82, 2.24) is 4.72 Å². The Morgan fingerprint density at radius 1 is 1.07 bits per heavy atom. The topological polar surface area (TPSA) is 142 Å². The van der Waals surface area contributed by atoms with Gasteiger partial charge in [-0.15, -0.1) is 0 Å². The van der Waals surface area contributed by atoms with E-state index in [9.17, 15) is 28.7 Å². The van der Waals surface area contributed by atoms with Crippen LogP contribution < -0.4 is 10.0 Å². The Morgan fingerprint density at radius 2 is 1.68 bits per heavy atom. The molecule has 0 aromatic heterocycles. The number of anilines is 1. The average molecular weight is 409 g/mol. The van der Waals surface area contributed by atoms with Gasteiger partial charge in [0.05, 0.1) is 22.0 Å². The van der Waals surface area contributed by atoms with E-state index in [2.05, 4.69) is 10.0 Å². The fraction of sp³-hybridized carbons (Fsp3) is 0.333. The lowest BCUT2D eigenvalue weighted by molar-refractivity contribution is -0.384. The molecule has 0 bridgehead atoms. The van der Waals surface area contributed by atoms with Crippen LogP contribution in [0.4, 0.5) is 11.4 Å². The van der Waals surface area contributed by atoms with Crippen molar-refractivity contribution in [3.8, 4) is 5.75 Å². The van der Waals surface area contributed by atoms with E-state index in [1.54, 1.807) is 32.9 Å². The number of nitro groups is 1. The van der Waals surface area contributed by atoms with Gasteiger partial charge in [0.1, 0.15) is 11.4 Å². The number of nitrogens with one attached hydrogen (secondary N) is 2. The molecule has 0 aliphatic rings. The molecule has 0 heterocycles. The Hall–Kier alpha value is -2.69. The van der Waals surface area contributed by atoms with Gasteiger partial charge in [0.2, 0.25) is 10.0 Å². The molecular weight excluding hydrogens is 386 g/mol. The average Bonchev–Trinajstić information content (AvgIpc) is 2.60. The highest BCUT2D eigenvalue weighted by molar-refractivity contribution is 7.89. The number of benzene rings is 2. The molecule has 9 nitrogen and oxygen atoms in total. The van der Waals surface area contributed by atoms with E-state index in [1.807, 2.05) is 0 Å². The van der Waals surface area contributed by atoms with Gasteiger partial charge in [0.25, 0.3) is 5.69 Å². The molecule has 0 saturated carbocycles. The summed E-state index contributed by atoms with van der Waals surface area (Å²) in [5.41, 5.74) is 0.177. The summed E-state index contributed by atoms with van der Waals surface area (Å²) < 4.78 is 26.9. The maximum absolute atomic E-state index is 12.3. The van der Waals surface area contributed by atoms with E-state index in [0.717, 1.165) is 6.07 Å². The largest absolute Gasteiger partial charge is 0.508 e. The van der Waals surface area contributed by atoms with Crippen molar-refractivity contribution in [2.75, 3.05) is 5.32 Å². The van der Waals surface area contributed by atoms with Crippen LogP contribution in [0.25, 0.3) is 0 Å². The molecule has 10 heteroatoms. The van der Waals surface area contributed by atoms with E-state index in [0.29, 0.717) is 5.56 Å². The van der Waals surface area contributed by atoms with E-state index in [1.165, 1.54) is 24.3 Å². The Kier molecular flexibility index (Phi) is 6.60. The van der Waals surface area contributed by atoms with Gasteiger partial charge in [0.15, 0.2) is 0 Å². The zero-order valence-electron chi connectivity index (χ0n) is 15.7. The Morgan fingerprint density at radius 3 is 2.21 bits per heavy atom. The number of aromatic hydroxyl groups is 1. The summed E-state index contributed by atoms with van der Waals surface area (Å²) in [6.07, 6.45) is -1.01. The maximum atomic E-state index is 12.3. The lowest BCUT2D eigenvalue weighted by atomic mass is 10.0. The molecule has 2 rings (SSSR count). The molecule has 0 radical (unpaired) electrons. The molecule has 28 heavy (non-hydrogen) atoms. The number of phenolic OH excluding ortho intramolecular Hbond substituents is 1. The van der Waals surface area contributed by atoms with Gasteiger partial charge in [-0.05, 0) is 50.6 Å². The fourth-order valence-electron chi connectivity index (χ4n) is 2.61. The third kappa shape index (κ3) is 5.18. The number of rotatable bonds is 8. The zero-order chi connectivity index (χ0) is 21.1. The SMILES string of the molecule is CC(C)NS(=O)(=O)c1ccc(N[C@@H](C)[C@@H](O)c2ccc(O)cc2)c([N+](=O)[O-])c1. The number of sulfonamides is 1. The Bertz CT molecular complexity index is 944. The number of hydrogen-bond acceptors (Lipinski definition) is 7. The van der Waals surface area contributed by atoms with Crippen LogP contribution in [-0.4, -0.2) is 35.6 Å². The van der Waals surface area contributed by atoms with E-state index in [-0.39, 0.29) is 22.4 Å². The fourth-order valence-corrected chi connectivity index (χ4v) is 3.89. The van der Waals surface area contributed by atoms with Crippen molar-refractivity contribution in [2.45, 2.75) is 43.9 Å². The number of nitrogens with zero attached hydrogens (tertiary/aromatic N) is 1. The van der Waals surface area contributed by atoms with Crippen LogP contribution >= 0.6 is 0 Å². The molecule has 0 unspecified atom stereocenters. The summed E-state index contributed by atoms with van der Waals surface area (Å²) in [6.45, 7) is 4.93. The van der Waals surface area contributed by atoms with Crippen molar-refractivity contribution in [1.29, 1.82) is 0 Å². The summed E-state index contributed by atoms with van der Waals surface area (Å²) in [4.78, 5) is 10.5. The van der Waals surface area contributed by atoms with E-state index < -0.39 is 32.8 Å². The van der Waals surface area contributed by atoms with Crippen LogP contribution in [0.2, 0.25) is 0 Å². The molecule has 0 spiro atoms. The van der Waals surface area contributed by atoms with Crippen molar-refractivity contribution in [3.63, 3.8) is 0 Å². The van der Waals surface area contributed by atoms with Crippen LogP contribution in [0.5, 0.6) is 5.75 Å². The third-order valence-corrected chi connectivity index (χ3v) is 5.61. The van der Waals surface area contributed by atoms with Crippen molar-refractivity contribution < 1.29 is 23.6 Å². The number of hydrogen-bond donors (Lipinski definition) is 4. The third-order valence-electron chi connectivity index (χ3n) is 3.96.